The summed E-state index contributed by atoms with van der Waals surface area (Å²) in [6.45, 7) is 4.36. The second kappa shape index (κ2) is 6.12. The number of benzene rings is 1. The van der Waals surface area contributed by atoms with Crippen molar-refractivity contribution < 1.29 is 9.18 Å². The van der Waals surface area contributed by atoms with Gasteiger partial charge in [-0.1, -0.05) is 19.9 Å². The second-order valence-electron chi connectivity index (χ2n) is 4.19. The second-order valence-corrected chi connectivity index (χ2v) is 5.05. The highest BCUT2D eigenvalue weighted by Crippen LogP contribution is 2.21. The largest absolute Gasteiger partial charge is 0.369 e. The molecular formula is C12H16BrFN2O. The number of hydrogen-bond acceptors (Lipinski definition) is 2. The van der Waals surface area contributed by atoms with Crippen molar-refractivity contribution in [3.05, 3.63) is 34.1 Å². The topological polar surface area (TPSA) is 55.1 Å². The minimum absolute atomic E-state index is 0.247. The summed E-state index contributed by atoms with van der Waals surface area (Å²) < 4.78 is 13.8. The maximum atomic E-state index is 13.4. The van der Waals surface area contributed by atoms with E-state index in [1.807, 2.05) is 13.8 Å². The van der Waals surface area contributed by atoms with E-state index in [1.165, 1.54) is 6.07 Å². The fraction of sp³-hybridized carbons (Fsp3) is 0.417. The lowest BCUT2D eigenvalue weighted by molar-refractivity contribution is -0.119. The first-order chi connectivity index (χ1) is 7.91. The van der Waals surface area contributed by atoms with Gasteiger partial charge in [-0.2, -0.15) is 0 Å². The zero-order valence-electron chi connectivity index (χ0n) is 9.84. The van der Waals surface area contributed by atoms with Gasteiger partial charge < -0.3 is 11.1 Å². The van der Waals surface area contributed by atoms with Crippen molar-refractivity contribution in [2.45, 2.75) is 25.8 Å². The van der Waals surface area contributed by atoms with Crippen molar-refractivity contribution in [1.82, 2.24) is 5.32 Å². The fourth-order valence-corrected chi connectivity index (χ4v) is 1.71. The van der Waals surface area contributed by atoms with Gasteiger partial charge in [0.2, 0.25) is 5.91 Å². The van der Waals surface area contributed by atoms with Crippen molar-refractivity contribution in [3.63, 3.8) is 0 Å². The zero-order valence-corrected chi connectivity index (χ0v) is 11.4. The summed E-state index contributed by atoms with van der Waals surface area (Å²) in [7, 11) is 0. The molecule has 5 heteroatoms. The summed E-state index contributed by atoms with van der Waals surface area (Å²) in [4.78, 5) is 11.4. The Morgan fingerprint density at radius 2 is 2.18 bits per heavy atom. The lowest BCUT2D eigenvalue weighted by atomic mass is 9.98. The molecule has 1 aromatic carbocycles. The monoisotopic (exact) mass is 302 g/mol. The first-order valence-corrected chi connectivity index (χ1v) is 6.18. The van der Waals surface area contributed by atoms with Crippen molar-refractivity contribution >= 4 is 21.8 Å². The molecule has 17 heavy (non-hydrogen) atoms. The Hall–Kier alpha value is -0.940. The number of amides is 1. The minimum Gasteiger partial charge on any atom is -0.369 e. The van der Waals surface area contributed by atoms with Crippen LogP contribution in [-0.2, 0) is 4.79 Å². The van der Waals surface area contributed by atoms with Crippen LogP contribution in [0.3, 0.4) is 0 Å². The fourth-order valence-electron chi connectivity index (χ4n) is 1.47. The zero-order chi connectivity index (χ0) is 13.0. The molecule has 0 spiro atoms. The van der Waals surface area contributed by atoms with Gasteiger partial charge in [0.1, 0.15) is 5.82 Å². The van der Waals surface area contributed by atoms with Gasteiger partial charge in [-0.25, -0.2) is 4.39 Å². The minimum atomic E-state index is -0.514. The number of primary amides is 1. The van der Waals surface area contributed by atoms with Gasteiger partial charge in [-0.15, -0.1) is 0 Å². The SMILES string of the molecule is CC(C)NCC(C(N)=O)c1ccc(Br)c(F)c1. The van der Waals surface area contributed by atoms with E-state index in [2.05, 4.69) is 21.2 Å². The number of hydrogen-bond donors (Lipinski definition) is 2. The Morgan fingerprint density at radius 3 is 2.65 bits per heavy atom. The Morgan fingerprint density at radius 1 is 1.53 bits per heavy atom. The summed E-state index contributed by atoms with van der Waals surface area (Å²) in [5, 5.41) is 3.12. The highest BCUT2D eigenvalue weighted by molar-refractivity contribution is 9.10. The Bertz CT molecular complexity index is 409. The van der Waals surface area contributed by atoms with Crippen molar-refractivity contribution in [3.8, 4) is 0 Å². The van der Waals surface area contributed by atoms with Crippen LogP contribution in [0, 0.1) is 5.82 Å². The molecule has 1 amide bonds. The molecule has 3 nitrogen and oxygen atoms in total. The molecular weight excluding hydrogens is 287 g/mol. The van der Waals surface area contributed by atoms with Crippen LogP contribution in [0.5, 0.6) is 0 Å². The average Bonchev–Trinajstić information content (AvgIpc) is 2.22. The highest BCUT2D eigenvalue weighted by atomic mass is 79.9. The smallest absolute Gasteiger partial charge is 0.226 e. The van der Waals surface area contributed by atoms with Crippen LogP contribution in [0.1, 0.15) is 25.3 Å². The van der Waals surface area contributed by atoms with E-state index >= 15 is 0 Å². The van der Waals surface area contributed by atoms with Crippen LogP contribution in [-0.4, -0.2) is 18.5 Å². The summed E-state index contributed by atoms with van der Waals surface area (Å²) in [6, 6.07) is 4.86. The van der Waals surface area contributed by atoms with Gasteiger partial charge in [-0.05, 0) is 33.6 Å². The third kappa shape index (κ3) is 4.09. The molecule has 0 bridgehead atoms. The Kier molecular flexibility index (Phi) is 5.08. The molecule has 0 saturated carbocycles. The normalized spacial score (nSPS) is 12.8. The van der Waals surface area contributed by atoms with Crippen LogP contribution < -0.4 is 11.1 Å². The molecule has 0 aromatic heterocycles. The van der Waals surface area contributed by atoms with Crippen molar-refractivity contribution in [2.24, 2.45) is 5.73 Å². The maximum absolute atomic E-state index is 13.4. The first-order valence-electron chi connectivity index (χ1n) is 5.39. The van der Waals surface area contributed by atoms with Crippen molar-refractivity contribution in [1.29, 1.82) is 0 Å². The summed E-state index contributed by atoms with van der Waals surface area (Å²) in [5.41, 5.74) is 5.92. The van der Waals surface area contributed by atoms with Crippen LogP contribution >= 0.6 is 15.9 Å². The predicted molar refractivity (Wildman–Crippen MR) is 69.2 cm³/mol. The van der Waals surface area contributed by atoms with E-state index in [4.69, 9.17) is 5.73 Å². The third-order valence-corrected chi connectivity index (χ3v) is 3.06. The molecule has 0 radical (unpaired) electrons. The number of nitrogens with one attached hydrogen (secondary N) is 1. The molecule has 0 aliphatic carbocycles. The summed E-state index contributed by atoms with van der Waals surface area (Å²) >= 11 is 3.07. The first kappa shape index (κ1) is 14.1. The van der Waals surface area contributed by atoms with E-state index in [9.17, 15) is 9.18 Å². The van der Waals surface area contributed by atoms with Gasteiger partial charge in [0.05, 0.1) is 10.4 Å². The molecule has 3 N–H and O–H groups in total. The number of nitrogens with two attached hydrogens (primary N) is 1. The number of halogens is 2. The average molecular weight is 303 g/mol. The van der Waals surface area contributed by atoms with Gasteiger partial charge in [0, 0.05) is 12.6 Å². The molecule has 0 heterocycles. The molecule has 0 saturated heterocycles. The van der Waals surface area contributed by atoms with Gasteiger partial charge in [0.25, 0.3) is 0 Å². The van der Waals surface area contributed by atoms with Crippen LogP contribution in [0.2, 0.25) is 0 Å². The maximum Gasteiger partial charge on any atom is 0.226 e. The quantitative estimate of drug-likeness (QED) is 0.876. The van der Waals surface area contributed by atoms with Crippen LogP contribution in [0.4, 0.5) is 4.39 Å². The van der Waals surface area contributed by atoms with Gasteiger partial charge in [-0.3, -0.25) is 4.79 Å². The molecule has 1 rings (SSSR count). The Labute approximate surface area is 109 Å². The van der Waals surface area contributed by atoms with Crippen LogP contribution in [0.15, 0.2) is 22.7 Å². The van der Waals surface area contributed by atoms with E-state index < -0.39 is 17.6 Å². The molecule has 0 aliphatic rings. The third-order valence-electron chi connectivity index (χ3n) is 2.42. The standard InChI is InChI=1S/C12H16BrFN2O/c1-7(2)16-6-9(12(15)17)8-3-4-10(13)11(14)5-8/h3-5,7,9,16H,6H2,1-2H3,(H2,15,17). The number of rotatable bonds is 5. The molecule has 1 atom stereocenters. The lowest BCUT2D eigenvalue weighted by Crippen LogP contribution is -2.34. The number of carbonyl (C=O) groups excluding carboxylic acids is 1. The van der Waals surface area contributed by atoms with E-state index in [0.717, 1.165) is 0 Å². The lowest BCUT2D eigenvalue weighted by Gasteiger charge is -2.17. The van der Waals surface area contributed by atoms with Gasteiger partial charge in [0.15, 0.2) is 0 Å². The van der Waals surface area contributed by atoms with E-state index in [-0.39, 0.29) is 6.04 Å². The summed E-state index contributed by atoms with van der Waals surface area (Å²) in [5.74, 6) is -1.36. The molecule has 1 aromatic rings. The highest BCUT2D eigenvalue weighted by Gasteiger charge is 2.19. The Balaban J connectivity index is 2.89. The van der Waals surface area contributed by atoms with Crippen LogP contribution in [0.25, 0.3) is 0 Å². The molecule has 0 aliphatic heterocycles. The predicted octanol–water partition coefficient (Wildman–Crippen LogP) is 2.16. The van der Waals surface area contributed by atoms with E-state index in [0.29, 0.717) is 16.6 Å². The summed E-state index contributed by atoms with van der Waals surface area (Å²) in [6.07, 6.45) is 0. The molecule has 94 valence electrons. The number of carbonyl (C=O) groups is 1. The van der Waals surface area contributed by atoms with Crippen molar-refractivity contribution in [2.75, 3.05) is 6.54 Å². The van der Waals surface area contributed by atoms with E-state index in [1.54, 1.807) is 12.1 Å². The van der Waals surface area contributed by atoms with Gasteiger partial charge >= 0.3 is 0 Å². The molecule has 0 fully saturated rings. The molecule has 1 unspecified atom stereocenters.